The van der Waals surface area contributed by atoms with Crippen molar-refractivity contribution in [1.82, 2.24) is 20.4 Å². The smallest absolute Gasteiger partial charge is 0.226 e. The standard InChI is InChI=1S/C19H24N4O2/c1-25-16-4-2-3-13(11-16)19-17(8-10-23(19)15-5-6-15)21-18(24)12-14-7-9-20-22-14/h2-4,7,9,11,15,17,19H,5-6,8,10,12H2,1H3,(H,20,22)(H,21,24)/t17-,19+/m1/s1. The highest BCUT2D eigenvalue weighted by Gasteiger charge is 2.43. The molecule has 1 aromatic heterocycles. The molecule has 2 fully saturated rings. The number of aromatic amines is 1. The molecule has 2 atom stereocenters. The van der Waals surface area contributed by atoms with Crippen molar-refractivity contribution in [2.45, 2.75) is 43.8 Å². The van der Waals surface area contributed by atoms with Gasteiger partial charge in [0.05, 0.1) is 19.6 Å². The van der Waals surface area contributed by atoms with Crippen LogP contribution in [0.5, 0.6) is 5.75 Å². The molecule has 132 valence electrons. The summed E-state index contributed by atoms with van der Waals surface area (Å²) in [6, 6.07) is 11.1. The van der Waals surface area contributed by atoms with Gasteiger partial charge in [-0.2, -0.15) is 5.10 Å². The number of hydrogen-bond donors (Lipinski definition) is 2. The summed E-state index contributed by atoms with van der Waals surface area (Å²) >= 11 is 0. The molecule has 6 heteroatoms. The van der Waals surface area contributed by atoms with E-state index in [1.54, 1.807) is 13.3 Å². The van der Waals surface area contributed by atoms with Crippen LogP contribution in [0, 0.1) is 0 Å². The predicted octanol–water partition coefficient (Wildman–Crippen LogP) is 2.05. The van der Waals surface area contributed by atoms with Crippen molar-refractivity contribution in [1.29, 1.82) is 0 Å². The molecular weight excluding hydrogens is 316 g/mol. The molecule has 1 aliphatic heterocycles. The normalized spacial score (nSPS) is 23.6. The summed E-state index contributed by atoms with van der Waals surface area (Å²) in [5, 5.41) is 10.0. The summed E-state index contributed by atoms with van der Waals surface area (Å²) in [6.07, 6.45) is 5.51. The number of nitrogens with zero attached hydrogens (tertiary/aromatic N) is 2. The van der Waals surface area contributed by atoms with Gasteiger partial charge in [-0.25, -0.2) is 0 Å². The number of nitrogens with one attached hydrogen (secondary N) is 2. The lowest BCUT2D eigenvalue weighted by atomic mass is 9.99. The van der Waals surface area contributed by atoms with Gasteiger partial charge in [0, 0.05) is 30.5 Å². The Hall–Kier alpha value is -2.34. The molecule has 1 amide bonds. The topological polar surface area (TPSA) is 70.2 Å². The predicted molar refractivity (Wildman–Crippen MR) is 94.3 cm³/mol. The Morgan fingerprint density at radius 2 is 2.24 bits per heavy atom. The number of aromatic nitrogens is 2. The van der Waals surface area contributed by atoms with Gasteiger partial charge in [0.15, 0.2) is 0 Å². The number of methoxy groups -OCH3 is 1. The maximum atomic E-state index is 12.5. The van der Waals surface area contributed by atoms with Crippen molar-refractivity contribution in [3.8, 4) is 5.75 Å². The van der Waals surface area contributed by atoms with Gasteiger partial charge in [0.25, 0.3) is 0 Å². The molecule has 0 spiro atoms. The van der Waals surface area contributed by atoms with Crippen molar-refractivity contribution < 1.29 is 9.53 Å². The molecular formula is C19H24N4O2. The van der Waals surface area contributed by atoms with Crippen molar-refractivity contribution in [2.24, 2.45) is 0 Å². The number of likely N-dealkylation sites (tertiary alicyclic amines) is 1. The zero-order valence-electron chi connectivity index (χ0n) is 14.4. The third-order valence-corrected chi connectivity index (χ3v) is 5.14. The minimum Gasteiger partial charge on any atom is -0.497 e. The number of H-pyrrole nitrogens is 1. The van der Waals surface area contributed by atoms with Crippen LogP contribution in [-0.4, -0.2) is 46.7 Å². The summed E-state index contributed by atoms with van der Waals surface area (Å²) in [7, 11) is 1.69. The highest BCUT2D eigenvalue weighted by Crippen LogP contribution is 2.41. The van der Waals surface area contributed by atoms with Gasteiger partial charge in [0.2, 0.25) is 5.91 Å². The number of benzene rings is 1. The van der Waals surface area contributed by atoms with Crippen molar-refractivity contribution in [3.05, 3.63) is 47.8 Å². The van der Waals surface area contributed by atoms with E-state index >= 15 is 0 Å². The zero-order valence-corrected chi connectivity index (χ0v) is 14.4. The minimum atomic E-state index is 0.0415. The largest absolute Gasteiger partial charge is 0.497 e. The first-order valence-electron chi connectivity index (χ1n) is 8.92. The van der Waals surface area contributed by atoms with Crippen LogP contribution >= 0.6 is 0 Å². The molecule has 2 N–H and O–H groups in total. The van der Waals surface area contributed by atoms with E-state index < -0.39 is 0 Å². The molecule has 4 rings (SSSR count). The first-order valence-corrected chi connectivity index (χ1v) is 8.92. The van der Waals surface area contributed by atoms with Crippen LogP contribution in [0.2, 0.25) is 0 Å². The van der Waals surface area contributed by atoms with Crippen molar-refractivity contribution in [2.75, 3.05) is 13.7 Å². The average Bonchev–Trinajstić information content (AvgIpc) is 3.19. The Morgan fingerprint density at radius 1 is 1.36 bits per heavy atom. The fraction of sp³-hybridized carbons (Fsp3) is 0.474. The van der Waals surface area contributed by atoms with Gasteiger partial charge in [0.1, 0.15) is 5.75 Å². The molecule has 2 aromatic rings. The number of carbonyl (C=O) groups excluding carboxylic acids is 1. The Labute approximate surface area is 147 Å². The Morgan fingerprint density at radius 3 is 2.96 bits per heavy atom. The van der Waals surface area contributed by atoms with Gasteiger partial charge >= 0.3 is 0 Å². The molecule has 6 nitrogen and oxygen atoms in total. The summed E-state index contributed by atoms with van der Waals surface area (Å²) in [4.78, 5) is 15.0. The number of carbonyl (C=O) groups is 1. The fourth-order valence-corrected chi connectivity index (χ4v) is 3.85. The van der Waals surface area contributed by atoms with E-state index in [4.69, 9.17) is 4.74 Å². The van der Waals surface area contributed by atoms with Crippen LogP contribution in [0.15, 0.2) is 36.5 Å². The van der Waals surface area contributed by atoms with Gasteiger partial charge in [-0.3, -0.25) is 14.8 Å². The van der Waals surface area contributed by atoms with Crippen LogP contribution < -0.4 is 10.1 Å². The first-order chi connectivity index (χ1) is 12.2. The summed E-state index contributed by atoms with van der Waals surface area (Å²) < 4.78 is 5.40. The maximum Gasteiger partial charge on any atom is 0.226 e. The monoisotopic (exact) mass is 340 g/mol. The Bertz CT molecular complexity index is 727. The SMILES string of the molecule is COc1cccc([C@H]2[C@H](NC(=O)Cc3ccn[nH]3)CCN2C2CC2)c1. The fourth-order valence-electron chi connectivity index (χ4n) is 3.85. The molecule has 1 aliphatic carbocycles. The molecule has 0 unspecified atom stereocenters. The van der Waals surface area contributed by atoms with E-state index in [1.165, 1.54) is 18.4 Å². The second kappa shape index (κ2) is 6.88. The highest BCUT2D eigenvalue weighted by atomic mass is 16.5. The second-order valence-electron chi connectivity index (χ2n) is 6.91. The third kappa shape index (κ3) is 3.54. The van der Waals surface area contributed by atoms with E-state index in [9.17, 15) is 4.79 Å². The van der Waals surface area contributed by atoms with E-state index in [2.05, 4.69) is 32.5 Å². The van der Waals surface area contributed by atoms with E-state index in [0.29, 0.717) is 12.5 Å². The lowest BCUT2D eigenvalue weighted by Gasteiger charge is -2.29. The summed E-state index contributed by atoms with van der Waals surface area (Å²) in [6.45, 7) is 1.03. The van der Waals surface area contributed by atoms with Crippen molar-refractivity contribution >= 4 is 5.91 Å². The number of hydrogen-bond acceptors (Lipinski definition) is 4. The molecule has 1 saturated carbocycles. The molecule has 0 radical (unpaired) electrons. The Kier molecular flexibility index (Phi) is 4.44. The number of rotatable bonds is 6. The van der Waals surface area contributed by atoms with E-state index in [-0.39, 0.29) is 18.0 Å². The Balaban J connectivity index is 1.52. The van der Waals surface area contributed by atoms with Crippen molar-refractivity contribution in [3.63, 3.8) is 0 Å². The highest BCUT2D eigenvalue weighted by molar-refractivity contribution is 5.78. The lowest BCUT2D eigenvalue weighted by Crippen LogP contribution is -2.40. The molecule has 1 aromatic carbocycles. The molecule has 1 saturated heterocycles. The summed E-state index contributed by atoms with van der Waals surface area (Å²) in [5.74, 6) is 0.905. The lowest BCUT2D eigenvalue weighted by molar-refractivity contribution is -0.121. The number of amides is 1. The van der Waals surface area contributed by atoms with Crippen LogP contribution in [0.3, 0.4) is 0 Å². The molecule has 2 aliphatic rings. The van der Waals surface area contributed by atoms with Gasteiger partial charge in [-0.1, -0.05) is 12.1 Å². The van der Waals surface area contributed by atoms with Crippen LogP contribution in [0.25, 0.3) is 0 Å². The second-order valence-corrected chi connectivity index (χ2v) is 6.91. The van der Waals surface area contributed by atoms with Crippen LogP contribution in [-0.2, 0) is 11.2 Å². The van der Waals surface area contributed by atoms with Crippen LogP contribution in [0.4, 0.5) is 0 Å². The average molecular weight is 340 g/mol. The van der Waals surface area contributed by atoms with Gasteiger partial charge < -0.3 is 10.1 Å². The molecule has 25 heavy (non-hydrogen) atoms. The zero-order chi connectivity index (χ0) is 17.2. The summed E-state index contributed by atoms with van der Waals surface area (Å²) in [5.41, 5.74) is 2.06. The molecule has 2 heterocycles. The van der Waals surface area contributed by atoms with E-state index in [0.717, 1.165) is 24.4 Å². The van der Waals surface area contributed by atoms with Crippen LogP contribution in [0.1, 0.15) is 36.6 Å². The maximum absolute atomic E-state index is 12.5. The third-order valence-electron chi connectivity index (χ3n) is 5.14. The van der Waals surface area contributed by atoms with E-state index in [1.807, 2.05) is 18.2 Å². The number of ether oxygens (including phenoxy) is 1. The minimum absolute atomic E-state index is 0.0415. The quantitative estimate of drug-likeness (QED) is 0.844. The first kappa shape index (κ1) is 16.1. The molecule has 0 bridgehead atoms. The van der Waals surface area contributed by atoms with Gasteiger partial charge in [-0.15, -0.1) is 0 Å². The van der Waals surface area contributed by atoms with Gasteiger partial charge in [-0.05, 0) is 43.0 Å².